The zero-order chi connectivity index (χ0) is 26.1. The second kappa shape index (κ2) is 10.9. The van der Waals surface area contributed by atoms with Crippen LogP contribution in [0.3, 0.4) is 0 Å². The fourth-order valence-corrected chi connectivity index (χ4v) is 5.61. The van der Waals surface area contributed by atoms with E-state index in [9.17, 15) is 9.90 Å². The van der Waals surface area contributed by atoms with Crippen LogP contribution in [0.5, 0.6) is 0 Å². The van der Waals surface area contributed by atoms with Crippen molar-refractivity contribution in [2.24, 2.45) is 5.92 Å². The van der Waals surface area contributed by atoms with Crippen molar-refractivity contribution in [3.63, 3.8) is 0 Å². The number of rotatable bonds is 8. The SMILES string of the molecule is Cc1cc(-c2cnn3c(NCC4CCOCC4)cc(N[C@@H]4CCCC[C@H]4O)nc23)ccc1C(=O)NC1CC1. The fraction of sp³-hybridized carbons (Fsp3) is 0.552. The zero-order valence-corrected chi connectivity index (χ0v) is 22.1. The smallest absolute Gasteiger partial charge is 0.251 e. The van der Waals surface area contributed by atoms with Gasteiger partial charge in [0.05, 0.1) is 18.3 Å². The van der Waals surface area contributed by atoms with Crippen LogP contribution in [0.1, 0.15) is 67.3 Å². The monoisotopic (exact) mass is 518 g/mol. The molecule has 3 heterocycles. The Kier molecular flexibility index (Phi) is 7.21. The highest BCUT2D eigenvalue weighted by Gasteiger charge is 2.26. The lowest BCUT2D eigenvalue weighted by Gasteiger charge is -2.29. The van der Waals surface area contributed by atoms with Crippen LogP contribution in [0, 0.1) is 12.8 Å². The number of aliphatic hydroxyl groups is 1. The number of ether oxygens (including phenoxy) is 1. The van der Waals surface area contributed by atoms with Gasteiger partial charge in [0.15, 0.2) is 5.65 Å². The molecular formula is C29H38N6O3. The Morgan fingerprint density at radius 2 is 1.92 bits per heavy atom. The van der Waals surface area contributed by atoms with E-state index < -0.39 is 0 Å². The minimum atomic E-state index is -0.373. The maximum absolute atomic E-state index is 12.6. The molecular weight excluding hydrogens is 480 g/mol. The molecule has 1 aliphatic heterocycles. The second-order valence-electron chi connectivity index (χ2n) is 11.1. The van der Waals surface area contributed by atoms with E-state index in [1.807, 2.05) is 41.9 Å². The molecule has 6 rings (SSSR count). The van der Waals surface area contributed by atoms with Gasteiger partial charge in [-0.05, 0) is 68.6 Å². The van der Waals surface area contributed by atoms with Crippen molar-refractivity contribution >= 4 is 23.2 Å². The molecule has 2 atom stereocenters. The number of hydrogen-bond donors (Lipinski definition) is 4. The highest BCUT2D eigenvalue weighted by atomic mass is 16.5. The zero-order valence-electron chi connectivity index (χ0n) is 22.1. The molecule has 1 aromatic carbocycles. The van der Waals surface area contributed by atoms with E-state index in [2.05, 4.69) is 16.0 Å². The van der Waals surface area contributed by atoms with Crippen molar-refractivity contribution in [3.8, 4) is 11.1 Å². The Hall–Kier alpha value is -3.17. The minimum absolute atomic E-state index is 0.00772. The van der Waals surface area contributed by atoms with E-state index in [4.69, 9.17) is 14.8 Å². The van der Waals surface area contributed by atoms with Gasteiger partial charge in [0.2, 0.25) is 0 Å². The maximum atomic E-state index is 12.6. The first-order valence-electron chi connectivity index (χ1n) is 14.1. The van der Waals surface area contributed by atoms with Gasteiger partial charge in [-0.25, -0.2) is 4.98 Å². The quantitative estimate of drug-likeness (QED) is 0.354. The van der Waals surface area contributed by atoms with E-state index >= 15 is 0 Å². The Morgan fingerprint density at radius 3 is 2.68 bits per heavy atom. The second-order valence-corrected chi connectivity index (χ2v) is 11.1. The number of benzene rings is 1. The van der Waals surface area contributed by atoms with Crippen molar-refractivity contribution in [2.75, 3.05) is 30.4 Å². The molecule has 0 unspecified atom stereocenters. The molecule has 2 aromatic heterocycles. The lowest BCUT2D eigenvalue weighted by Crippen LogP contribution is -2.36. The lowest BCUT2D eigenvalue weighted by atomic mass is 9.92. The summed E-state index contributed by atoms with van der Waals surface area (Å²) in [4.78, 5) is 17.6. The number of aromatic nitrogens is 3. The number of anilines is 2. The van der Waals surface area contributed by atoms with Crippen molar-refractivity contribution in [3.05, 3.63) is 41.6 Å². The minimum Gasteiger partial charge on any atom is -0.391 e. The van der Waals surface area contributed by atoms with Crippen LogP contribution in [-0.4, -0.2) is 63.6 Å². The molecule has 9 nitrogen and oxygen atoms in total. The molecule has 4 N–H and O–H groups in total. The Morgan fingerprint density at radius 1 is 1.11 bits per heavy atom. The highest BCUT2D eigenvalue weighted by Crippen LogP contribution is 2.31. The van der Waals surface area contributed by atoms with Gasteiger partial charge in [-0.1, -0.05) is 25.0 Å². The topological polar surface area (TPSA) is 113 Å². The van der Waals surface area contributed by atoms with Crippen molar-refractivity contribution in [1.29, 1.82) is 0 Å². The van der Waals surface area contributed by atoms with Gasteiger partial charge in [0, 0.05) is 43.0 Å². The molecule has 3 fully saturated rings. The normalized spacial score (nSPS) is 22.4. The van der Waals surface area contributed by atoms with Gasteiger partial charge in [-0.3, -0.25) is 4.79 Å². The van der Waals surface area contributed by atoms with Crippen LogP contribution in [0.4, 0.5) is 11.6 Å². The number of amides is 1. The average Bonchev–Trinajstić information content (AvgIpc) is 3.64. The molecule has 2 saturated carbocycles. The number of nitrogens with one attached hydrogen (secondary N) is 3. The van der Waals surface area contributed by atoms with Gasteiger partial charge in [-0.2, -0.15) is 9.61 Å². The van der Waals surface area contributed by atoms with Crippen LogP contribution in [0.2, 0.25) is 0 Å². The molecule has 0 spiro atoms. The third-order valence-corrected chi connectivity index (χ3v) is 8.14. The maximum Gasteiger partial charge on any atom is 0.251 e. The van der Waals surface area contributed by atoms with E-state index in [1.165, 1.54) is 0 Å². The number of fused-ring (bicyclic) bond motifs is 1. The van der Waals surface area contributed by atoms with E-state index in [-0.39, 0.29) is 18.1 Å². The third-order valence-electron chi connectivity index (χ3n) is 8.14. The predicted octanol–water partition coefficient (Wildman–Crippen LogP) is 4.15. The summed E-state index contributed by atoms with van der Waals surface area (Å²) >= 11 is 0. The van der Waals surface area contributed by atoms with Gasteiger partial charge in [0.25, 0.3) is 5.91 Å². The summed E-state index contributed by atoms with van der Waals surface area (Å²) in [7, 11) is 0. The molecule has 202 valence electrons. The van der Waals surface area contributed by atoms with Gasteiger partial charge in [-0.15, -0.1) is 0 Å². The van der Waals surface area contributed by atoms with Crippen LogP contribution >= 0.6 is 0 Å². The van der Waals surface area contributed by atoms with Crippen LogP contribution < -0.4 is 16.0 Å². The summed E-state index contributed by atoms with van der Waals surface area (Å²) in [5, 5.41) is 25.5. The third kappa shape index (κ3) is 5.49. The van der Waals surface area contributed by atoms with Crippen LogP contribution in [0.15, 0.2) is 30.5 Å². The van der Waals surface area contributed by atoms with Gasteiger partial charge in [0.1, 0.15) is 11.6 Å². The first kappa shape index (κ1) is 25.1. The summed E-state index contributed by atoms with van der Waals surface area (Å²) in [6, 6.07) is 8.23. The van der Waals surface area contributed by atoms with Crippen LogP contribution in [-0.2, 0) is 4.74 Å². The lowest BCUT2D eigenvalue weighted by molar-refractivity contribution is 0.0699. The molecule has 0 bridgehead atoms. The van der Waals surface area contributed by atoms with Gasteiger partial charge >= 0.3 is 0 Å². The van der Waals surface area contributed by atoms with E-state index in [0.29, 0.717) is 17.5 Å². The summed E-state index contributed by atoms with van der Waals surface area (Å²) in [5.74, 6) is 2.15. The Balaban J connectivity index is 1.32. The number of carbonyl (C=O) groups is 1. The summed E-state index contributed by atoms with van der Waals surface area (Å²) in [6.45, 7) is 4.44. The largest absolute Gasteiger partial charge is 0.391 e. The number of aryl methyl sites for hydroxylation is 1. The molecule has 38 heavy (non-hydrogen) atoms. The molecule has 3 aromatic rings. The molecule has 9 heteroatoms. The number of nitrogens with zero attached hydrogens (tertiary/aromatic N) is 3. The van der Waals surface area contributed by atoms with Crippen molar-refractivity contribution < 1.29 is 14.6 Å². The number of aliphatic hydroxyl groups excluding tert-OH is 1. The standard InChI is InChI=1S/C29H38N6O3/c1-18-14-20(6-9-22(18)29(37)32-21-7-8-21)23-17-31-35-27(30-16-19-10-12-38-13-11-19)15-26(34-28(23)35)33-24-4-2-3-5-25(24)36/h6,9,14-15,17,19,21,24-25,30,36H,2-5,7-8,10-13,16H2,1H3,(H,32,37)(H,33,34)/t24-,25-/m1/s1. The first-order valence-corrected chi connectivity index (χ1v) is 14.1. The summed E-state index contributed by atoms with van der Waals surface area (Å²) in [6.07, 6.45) is 9.60. The predicted molar refractivity (Wildman–Crippen MR) is 148 cm³/mol. The first-order chi connectivity index (χ1) is 18.5. The van der Waals surface area contributed by atoms with E-state index in [0.717, 1.165) is 105 Å². The number of carbonyl (C=O) groups excluding carboxylic acids is 1. The average molecular weight is 519 g/mol. The molecule has 2 aliphatic carbocycles. The van der Waals surface area contributed by atoms with Crippen molar-refractivity contribution in [2.45, 2.75) is 76.5 Å². The van der Waals surface area contributed by atoms with Crippen LogP contribution in [0.25, 0.3) is 16.8 Å². The summed E-state index contributed by atoms with van der Waals surface area (Å²) < 4.78 is 7.39. The fourth-order valence-electron chi connectivity index (χ4n) is 5.61. The summed E-state index contributed by atoms with van der Waals surface area (Å²) in [5.41, 5.74) is 4.25. The van der Waals surface area contributed by atoms with E-state index in [1.54, 1.807) is 0 Å². The Bertz CT molecular complexity index is 1300. The molecule has 1 saturated heterocycles. The molecule has 3 aliphatic rings. The Labute approximate surface area is 223 Å². The highest BCUT2D eigenvalue weighted by molar-refractivity contribution is 5.97. The van der Waals surface area contributed by atoms with Gasteiger partial charge < -0.3 is 25.8 Å². The van der Waals surface area contributed by atoms with Crippen molar-refractivity contribution in [1.82, 2.24) is 19.9 Å². The molecule has 0 radical (unpaired) electrons. The number of hydrogen-bond acceptors (Lipinski definition) is 7. The molecule has 1 amide bonds.